The van der Waals surface area contributed by atoms with Crippen molar-refractivity contribution in [2.24, 2.45) is 10.2 Å². The Balaban J connectivity index is 1.84. The van der Waals surface area contributed by atoms with Gasteiger partial charge in [-0.2, -0.15) is 10.2 Å². The van der Waals surface area contributed by atoms with Crippen molar-refractivity contribution in [3.8, 4) is 5.75 Å². The van der Waals surface area contributed by atoms with Crippen molar-refractivity contribution in [2.75, 3.05) is 13.7 Å². The van der Waals surface area contributed by atoms with Crippen LogP contribution >= 0.6 is 23.4 Å². The highest BCUT2D eigenvalue weighted by atomic mass is 35.5. The average Bonchev–Trinajstić information content (AvgIpc) is 2.98. The average molecular weight is 446 g/mol. The van der Waals surface area contributed by atoms with Gasteiger partial charge in [-0.1, -0.05) is 17.7 Å². The van der Waals surface area contributed by atoms with Crippen LogP contribution in [0.3, 0.4) is 0 Å². The first-order valence-corrected chi connectivity index (χ1v) is 9.81. The first-order valence-electron chi connectivity index (χ1n) is 8.61. The third-order valence-electron chi connectivity index (χ3n) is 4.12. The topological polar surface area (TPSA) is 109 Å². The SMILES string of the molecule is COC(=O)CN1C(=O)S/C(=C\c2cc(N=Nc3ccc(C)c(Cl)c3)ccc2O)C1=O. The van der Waals surface area contributed by atoms with Crippen LogP contribution in [0.15, 0.2) is 51.5 Å². The zero-order valence-corrected chi connectivity index (χ0v) is 17.5. The number of azo groups is 1. The largest absolute Gasteiger partial charge is 0.507 e. The summed E-state index contributed by atoms with van der Waals surface area (Å²) in [5.41, 5.74) is 2.18. The smallest absolute Gasteiger partial charge is 0.325 e. The molecule has 2 aromatic carbocycles. The molecule has 1 heterocycles. The number of benzene rings is 2. The zero-order chi connectivity index (χ0) is 21.8. The van der Waals surface area contributed by atoms with Crippen molar-refractivity contribution < 1.29 is 24.2 Å². The third-order valence-corrected chi connectivity index (χ3v) is 5.44. The van der Waals surface area contributed by atoms with Crippen molar-refractivity contribution in [3.63, 3.8) is 0 Å². The molecule has 0 atom stereocenters. The van der Waals surface area contributed by atoms with Gasteiger partial charge in [-0.15, -0.1) is 0 Å². The van der Waals surface area contributed by atoms with Gasteiger partial charge in [0, 0.05) is 10.6 Å². The Morgan fingerprint density at radius 1 is 1.20 bits per heavy atom. The van der Waals surface area contributed by atoms with E-state index < -0.39 is 23.7 Å². The van der Waals surface area contributed by atoms with E-state index in [2.05, 4.69) is 15.0 Å². The molecule has 2 aromatic rings. The summed E-state index contributed by atoms with van der Waals surface area (Å²) in [5.74, 6) is -1.46. The van der Waals surface area contributed by atoms with Crippen LogP contribution < -0.4 is 0 Å². The summed E-state index contributed by atoms with van der Waals surface area (Å²) in [6.45, 7) is 1.40. The molecule has 10 heteroatoms. The van der Waals surface area contributed by atoms with Crippen LogP contribution in [-0.4, -0.2) is 40.8 Å². The maximum Gasteiger partial charge on any atom is 0.325 e. The van der Waals surface area contributed by atoms with Gasteiger partial charge in [-0.3, -0.25) is 19.3 Å². The molecule has 1 aliphatic heterocycles. The van der Waals surface area contributed by atoms with Crippen LogP contribution in [0.25, 0.3) is 6.08 Å². The van der Waals surface area contributed by atoms with Gasteiger partial charge in [0.15, 0.2) is 0 Å². The minimum Gasteiger partial charge on any atom is -0.507 e. The maximum absolute atomic E-state index is 12.4. The summed E-state index contributed by atoms with van der Waals surface area (Å²) in [5, 5.41) is 18.3. The number of aromatic hydroxyl groups is 1. The van der Waals surface area contributed by atoms with Crippen LogP contribution in [0.2, 0.25) is 5.02 Å². The Labute approximate surface area is 181 Å². The van der Waals surface area contributed by atoms with E-state index in [0.717, 1.165) is 10.5 Å². The minimum absolute atomic E-state index is 0.0682. The molecule has 1 fully saturated rings. The number of phenols is 1. The van der Waals surface area contributed by atoms with Crippen molar-refractivity contribution in [3.05, 3.63) is 57.5 Å². The molecule has 8 nitrogen and oxygen atoms in total. The van der Waals surface area contributed by atoms with Crippen molar-refractivity contribution in [2.45, 2.75) is 6.92 Å². The van der Waals surface area contributed by atoms with E-state index in [0.29, 0.717) is 28.2 Å². The minimum atomic E-state index is -0.708. The molecule has 0 aliphatic carbocycles. The molecule has 1 aliphatic rings. The summed E-state index contributed by atoms with van der Waals surface area (Å²) in [6, 6.07) is 9.74. The highest BCUT2D eigenvalue weighted by Crippen LogP contribution is 2.35. The van der Waals surface area contributed by atoms with Crippen LogP contribution in [0.4, 0.5) is 16.2 Å². The number of imide groups is 1. The van der Waals surface area contributed by atoms with Gasteiger partial charge in [-0.25, -0.2) is 0 Å². The van der Waals surface area contributed by atoms with Gasteiger partial charge in [-0.05, 0) is 60.7 Å². The highest BCUT2D eigenvalue weighted by molar-refractivity contribution is 8.18. The summed E-state index contributed by atoms with van der Waals surface area (Å²) >= 11 is 6.75. The number of halogens is 1. The number of esters is 1. The van der Waals surface area contributed by atoms with E-state index in [-0.39, 0.29) is 16.2 Å². The highest BCUT2D eigenvalue weighted by Gasteiger charge is 2.36. The number of carbonyl (C=O) groups excluding carboxylic acids is 3. The number of aryl methyl sites for hydroxylation is 1. The quantitative estimate of drug-likeness (QED) is 0.395. The molecule has 154 valence electrons. The standard InChI is InChI=1S/C20H16ClN3O5S/c1-11-3-4-14(9-15(11)21)23-22-13-5-6-16(25)12(7-13)8-17-19(27)24(20(28)30-17)10-18(26)29-2/h3-9,25H,10H2,1-2H3/b17-8-,23-22?. The number of nitrogens with zero attached hydrogens (tertiary/aromatic N) is 3. The first kappa shape index (κ1) is 21.5. The lowest BCUT2D eigenvalue weighted by atomic mass is 10.1. The number of thioether (sulfide) groups is 1. The molecule has 1 saturated heterocycles. The molecule has 0 spiro atoms. The van der Waals surface area contributed by atoms with Crippen LogP contribution in [0.5, 0.6) is 5.75 Å². The Bertz CT molecular complexity index is 1100. The predicted octanol–water partition coefficient (Wildman–Crippen LogP) is 4.98. The molecule has 0 radical (unpaired) electrons. The number of hydrogen-bond donors (Lipinski definition) is 1. The monoisotopic (exact) mass is 445 g/mol. The van der Waals surface area contributed by atoms with E-state index in [1.807, 2.05) is 13.0 Å². The molecule has 0 bridgehead atoms. The number of phenolic OH excluding ortho intramolecular Hbond substituents is 1. The van der Waals surface area contributed by atoms with E-state index in [4.69, 9.17) is 11.6 Å². The van der Waals surface area contributed by atoms with Crippen LogP contribution in [0.1, 0.15) is 11.1 Å². The number of carbonyl (C=O) groups is 3. The fraction of sp³-hybridized carbons (Fsp3) is 0.150. The number of hydrogen-bond acceptors (Lipinski definition) is 8. The number of methoxy groups -OCH3 is 1. The van der Waals surface area contributed by atoms with Gasteiger partial charge in [0.25, 0.3) is 11.1 Å². The Hall–Kier alpha value is -3.17. The lowest BCUT2D eigenvalue weighted by molar-refractivity contribution is -0.143. The second-order valence-electron chi connectivity index (χ2n) is 6.22. The van der Waals surface area contributed by atoms with Gasteiger partial charge in [0.1, 0.15) is 12.3 Å². The maximum atomic E-state index is 12.4. The van der Waals surface area contributed by atoms with E-state index in [1.54, 1.807) is 18.2 Å². The second kappa shape index (κ2) is 9.10. The van der Waals surface area contributed by atoms with Gasteiger partial charge >= 0.3 is 5.97 Å². The van der Waals surface area contributed by atoms with E-state index in [1.165, 1.54) is 25.3 Å². The van der Waals surface area contributed by atoms with Gasteiger partial charge in [0.05, 0.1) is 23.4 Å². The summed E-state index contributed by atoms with van der Waals surface area (Å²) in [6.07, 6.45) is 1.36. The number of ether oxygens (including phenoxy) is 1. The fourth-order valence-corrected chi connectivity index (χ4v) is 3.45. The summed E-state index contributed by atoms with van der Waals surface area (Å²) < 4.78 is 4.49. The van der Waals surface area contributed by atoms with Crippen molar-refractivity contribution in [1.29, 1.82) is 0 Å². The molecule has 0 aromatic heterocycles. The van der Waals surface area contributed by atoms with Crippen molar-refractivity contribution >= 4 is 57.9 Å². The lowest BCUT2D eigenvalue weighted by Gasteiger charge is -2.09. The Morgan fingerprint density at radius 3 is 2.53 bits per heavy atom. The van der Waals surface area contributed by atoms with Crippen LogP contribution in [0, 0.1) is 6.92 Å². The molecule has 3 rings (SSSR count). The summed E-state index contributed by atoms with van der Waals surface area (Å²) in [4.78, 5) is 36.7. The normalized spacial score (nSPS) is 15.4. The van der Waals surface area contributed by atoms with Crippen LogP contribution in [-0.2, 0) is 14.3 Å². The first-order chi connectivity index (χ1) is 14.3. The molecule has 30 heavy (non-hydrogen) atoms. The van der Waals surface area contributed by atoms with E-state index in [9.17, 15) is 19.5 Å². The van der Waals surface area contributed by atoms with Gasteiger partial charge < -0.3 is 9.84 Å². The fourth-order valence-electron chi connectivity index (χ4n) is 2.45. The van der Waals surface area contributed by atoms with Gasteiger partial charge in [0.2, 0.25) is 0 Å². The lowest BCUT2D eigenvalue weighted by Crippen LogP contribution is -2.34. The number of rotatable bonds is 5. The zero-order valence-electron chi connectivity index (χ0n) is 16.0. The Morgan fingerprint density at radius 2 is 1.87 bits per heavy atom. The second-order valence-corrected chi connectivity index (χ2v) is 7.62. The molecular weight excluding hydrogens is 430 g/mol. The Kier molecular flexibility index (Phi) is 6.53. The third kappa shape index (κ3) is 4.87. The molecule has 2 amide bonds. The molecule has 0 saturated carbocycles. The van der Waals surface area contributed by atoms with E-state index >= 15 is 0 Å². The number of amides is 2. The molecular formula is C20H16ClN3O5S. The van der Waals surface area contributed by atoms with Crippen molar-refractivity contribution in [1.82, 2.24) is 4.90 Å². The summed E-state index contributed by atoms with van der Waals surface area (Å²) in [7, 11) is 1.17. The predicted molar refractivity (Wildman–Crippen MR) is 113 cm³/mol. The molecule has 0 unspecified atom stereocenters. The molecule has 1 N–H and O–H groups in total.